The van der Waals surface area contributed by atoms with Crippen molar-refractivity contribution in [3.63, 3.8) is 0 Å². The summed E-state index contributed by atoms with van der Waals surface area (Å²) in [6.07, 6.45) is 4.48. The fraction of sp³-hybridized carbons (Fsp3) is 0.318. The molecule has 29 heavy (non-hydrogen) atoms. The molecule has 7 heteroatoms. The van der Waals surface area contributed by atoms with Crippen molar-refractivity contribution >= 4 is 50.7 Å². The molecule has 0 spiro atoms. The SMILES string of the molecule is CCCOc1ccc(N(C)C=Nc2c(C(C)=O)sc3nccc(N(C)C)c23)cc1. The van der Waals surface area contributed by atoms with Gasteiger partial charge in [0.25, 0.3) is 0 Å². The van der Waals surface area contributed by atoms with Crippen molar-refractivity contribution in [3.05, 3.63) is 41.4 Å². The zero-order chi connectivity index (χ0) is 21.0. The van der Waals surface area contributed by atoms with Crippen LogP contribution in [0.2, 0.25) is 0 Å². The Morgan fingerprint density at radius 1 is 1.21 bits per heavy atom. The van der Waals surface area contributed by atoms with Crippen LogP contribution in [0.5, 0.6) is 5.75 Å². The average molecular weight is 411 g/mol. The predicted octanol–water partition coefficient (Wildman–Crippen LogP) is 5.15. The largest absolute Gasteiger partial charge is 0.494 e. The number of benzene rings is 1. The molecule has 0 saturated carbocycles. The molecule has 0 unspecified atom stereocenters. The highest BCUT2D eigenvalue weighted by molar-refractivity contribution is 7.21. The Balaban J connectivity index is 1.95. The van der Waals surface area contributed by atoms with Gasteiger partial charge < -0.3 is 14.5 Å². The second kappa shape index (κ2) is 9.05. The Morgan fingerprint density at radius 2 is 1.93 bits per heavy atom. The van der Waals surface area contributed by atoms with E-state index in [2.05, 4.69) is 11.9 Å². The van der Waals surface area contributed by atoms with Crippen LogP contribution in [-0.4, -0.2) is 44.9 Å². The summed E-state index contributed by atoms with van der Waals surface area (Å²) >= 11 is 1.38. The van der Waals surface area contributed by atoms with E-state index in [1.54, 1.807) is 19.5 Å². The van der Waals surface area contributed by atoms with Crippen molar-refractivity contribution in [2.24, 2.45) is 4.99 Å². The molecule has 152 valence electrons. The third-order valence-electron chi connectivity index (χ3n) is 4.42. The maximum Gasteiger partial charge on any atom is 0.172 e. The summed E-state index contributed by atoms with van der Waals surface area (Å²) in [5, 5.41) is 0.903. The molecule has 0 saturated heterocycles. The topological polar surface area (TPSA) is 58.0 Å². The Labute approximate surface area is 175 Å². The second-order valence-corrected chi connectivity index (χ2v) is 7.94. The number of hydrogen-bond donors (Lipinski definition) is 0. The van der Waals surface area contributed by atoms with Gasteiger partial charge in [-0.05, 0) is 36.8 Å². The van der Waals surface area contributed by atoms with Gasteiger partial charge >= 0.3 is 0 Å². The number of thiophene rings is 1. The number of pyridine rings is 1. The third-order valence-corrected chi connectivity index (χ3v) is 5.61. The summed E-state index contributed by atoms with van der Waals surface area (Å²) in [7, 11) is 5.88. The van der Waals surface area contributed by atoms with Gasteiger partial charge in [-0.15, -0.1) is 11.3 Å². The molecule has 6 nitrogen and oxygen atoms in total. The fourth-order valence-corrected chi connectivity index (χ4v) is 3.94. The van der Waals surface area contributed by atoms with Crippen molar-refractivity contribution in [2.75, 3.05) is 37.5 Å². The number of ketones is 1. The van der Waals surface area contributed by atoms with Crippen LogP contribution in [-0.2, 0) is 0 Å². The monoisotopic (exact) mass is 410 g/mol. The maximum atomic E-state index is 12.2. The smallest absolute Gasteiger partial charge is 0.172 e. The van der Waals surface area contributed by atoms with E-state index < -0.39 is 0 Å². The first-order valence-corrected chi connectivity index (χ1v) is 10.3. The third kappa shape index (κ3) is 4.56. The number of rotatable bonds is 8. The molecule has 3 aromatic rings. The Kier molecular flexibility index (Phi) is 6.49. The van der Waals surface area contributed by atoms with E-state index in [1.807, 2.05) is 61.3 Å². The van der Waals surface area contributed by atoms with Gasteiger partial charge in [0.1, 0.15) is 10.6 Å². The number of aliphatic imine (C=N–C) groups is 1. The van der Waals surface area contributed by atoms with E-state index in [1.165, 1.54) is 11.3 Å². The van der Waals surface area contributed by atoms with Crippen molar-refractivity contribution in [3.8, 4) is 5.75 Å². The zero-order valence-electron chi connectivity index (χ0n) is 17.5. The van der Waals surface area contributed by atoms with E-state index in [9.17, 15) is 4.79 Å². The number of ether oxygens (including phenoxy) is 1. The van der Waals surface area contributed by atoms with E-state index in [-0.39, 0.29) is 5.78 Å². The molecule has 0 aliphatic rings. The normalized spacial score (nSPS) is 11.2. The number of fused-ring (bicyclic) bond motifs is 1. The molecule has 0 aliphatic heterocycles. The van der Waals surface area contributed by atoms with Gasteiger partial charge in [0.15, 0.2) is 5.78 Å². The molecule has 0 radical (unpaired) electrons. The van der Waals surface area contributed by atoms with Crippen molar-refractivity contribution in [2.45, 2.75) is 20.3 Å². The first kappa shape index (κ1) is 20.8. The number of aromatic nitrogens is 1. The van der Waals surface area contributed by atoms with E-state index in [0.717, 1.165) is 33.8 Å². The van der Waals surface area contributed by atoms with Crippen molar-refractivity contribution in [1.29, 1.82) is 0 Å². The minimum Gasteiger partial charge on any atom is -0.494 e. The maximum absolute atomic E-state index is 12.2. The van der Waals surface area contributed by atoms with Crippen LogP contribution >= 0.6 is 11.3 Å². The minimum atomic E-state index is -0.00932. The molecule has 2 aromatic heterocycles. The number of nitrogens with zero attached hydrogens (tertiary/aromatic N) is 4. The lowest BCUT2D eigenvalue weighted by Gasteiger charge is -2.15. The zero-order valence-corrected chi connectivity index (χ0v) is 18.3. The standard InChI is InChI=1S/C22H26N4O2S/c1-6-13-28-17-9-7-16(8-10-17)26(5)14-24-20-19-18(25(3)4)11-12-23-22(19)29-21(20)15(2)27/h7-12,14H,6,13H2,1-5H3. The van der Waals surface area contributed by atoms with Crippen molar-refractivity contribution in [1.82, 2.24) is 4.98 Å². The van der Waals surface area contributed by atoms with Crippen LogP contribution in [0.3, 0.4) is 0 Å². The highest BCUT2D eigenvalue weighted by Crippen LogP contribution is 2.42. The molecule has 0 atom stereocenters. The molecule has 0 aliphatic carbocycles. The van der Waals surface area contributed by atoms with Gasteiger partial charge in [0, 0.05) is 40.0 Å². The lowest BCUT2D eigenvalue weighted by atomic mass is 10.2. The molecule has 0 fully saturated rings. The van der Waals surface area contributed by atoms with E-state index >= 15 is 0 Å². The highest BCUT2D eigenvalue weighted by atomic mass is 32.1. The van der Waals surface area contributed by atoms with Gasteiger partial charge in [-0.2, -0.15) is 0 Å². The molecule has 0 bridgehead atoms. The van der Waals surface area contributed by atoms with Gasteiger partial charge in [-0.25, -0.2) is 9.98 Å². The highest BCUT2D eigenvalue weighted by Gasteiger charge is 2.19. The van der Waals surface area contributed by atoms with Gasteiger partial charge in [0.2, 0.25) is 0 Å². The lowest BCUT2D eigenvalue weighted by molar-refractivity contribution is 0.102. The van der Waals surface area contributed by atoms with E-state index in [4.69, 9.17) is 9.73 Å². The molecular formula is C22H26N4O2S. The van der Waals surface area contributed by atoms with E-state index in [0.29, 0.717) is 17.2 Å². The minimum absolute atomic E-state index is 0.00932. The Hall–Kier alpha value is -2.93. The molecule has 2 heterocycles. The second-order valence-electron chi connectivity index (χ2n) is 6.94. The van der Waals surface area contributed by atoms with Crippen LogP contribution < -0.4 is 14.5 Å². The summed E-state index contributed by atoms with van der Waals surface area (Å²) in [4.78, 5) is 26.7. The predicted molar refractivity (Wildman–Crippen MR) is 123 cm³/mol. The first-order valence-electron chi connectivity index (χ1n) is 9.52. The molecule has 0 N–H and O–H groups in total. The van der Waals surface area contributed by atoms with Crippen molar-refractivity contribution < 1.29 is 9.53 Å². The lowest BCUT2D eigenvalue weighted by Crippen LogP contribution is -2.14. The van der Waals surface area contributed by atoms with Crippen LogP contribution in [0.15, 0.2) is 41.5 Å². The number of anilines is 2. The van der Waals surface area contributed by atoms with Gasteiger partial charge in [0.05, 0.1) is 34.6 Å². The first-order chi connectivity index (χ1) is 13.9. The summed E-state index contributed by atoms with van der Waals surface area (Å²) in [6, 6.07) is 9.81. The van der Waals surface area contributed by atoms with Crippen LogP contribution in [0.1, 0.15) is 29.9 Å². The Morgan fingerprint density at radius 3 is 2.55 bits per heavy atom. The molecule has 3 rings (SSSR count). The Bertz CT molecular complexity index is 1030. The summed E-state index contributed by atoms with van der Waals surface area (Å²) in [5.41, 5.74) is 2.64. The number of carbonyl (C=O) groups excluding carboxylic acids is 1. The van der Waals surface area contributed by atoms with Crippen LogP contribution in [0.25, 0.3) is 10.2 Å². The summed E-state index contributed by atoms with van der Waals surface area (Å²) in [5.74, 6) is 0.843. The molecule has 0 amide bonds. The number of hydrogen-bond acceptors (Lipinski definition) is 6. The summed E-state index contributed by atoms with van der Waals surface area (Å²) < 4.78 is 5.63. The average Bonchev–Trinajstić information content (AvgIpc) is 3.09. The van der Waals surface area contributed by atoms with Gasteiger partial charge in [-0.1, -0.05) is 6.92 Å². The molecule has 1 aromatic carbocycles. The van der Waals surface area contributed by atoms with Crippen LogP contribution in [0.4, 0.5) is 17.1 Å². The molecular weight excluding hydrogens is 384 g/mol. The van der Waals surface area contributed by atoms with Gasteiger partial charge in [-0.3, -0.25) is 4.79 Å². The quantitative estimate of drug-likeness (QED) is 0.292. The number of Topliss-reactive ketones (excluding diaryl/α,β-unsaturated/α-hetero) is 1. The summed E-state index contributed by atoms with van der Waals surface area (Å²) in [6.45, 7) is 4.36. The van der Waals surface area contributed by atoms with Crippen LogP contribution in [0, 0.1) is 0 Å². The fourth-order valence-electron chi connectivity index (χ4n) is 2.93. The number of carbonyl (C=O) groups is 1.